The van der Waals surface area contributed by atoms with Gasteiger partial charge in [-0.3, -0.25) is 9.78 Å². The second-order valence-electron chi connectivity index (χ2n) is 7.76. The Balaban J connectivity index is 1.38. The third-order valence-electron chi connectivity index (χ3n) is 5.88. The molecule has 4 aromatic rings. The number of aromatic nitrogens is 4. The van der Waals surface area contributed by atoms with Crippen LogP contribution in [-0.2, 0) is 0 Å². The van der Waals surface area contributed by atoms with E-state index in [1.54, 1.807) is 34.3 Å². The summed E-state index contributed by atoms with van der Waals surface area (Å²) < 4.78 is 1.74. The fourth-order valence-corrected chi connectivity index (χ4v) is 5.05. The summed E-state index contributed by atoms with van der Waals surface area (Å²) in [4.78, 5) is 25.8. The zero-order chi connectivity index (χ0) is 20.8. The van der Waals surface area contributed by atoms with E-state index < -0.39 is 0 Å². The van der Waals surface area contributed by atoms with E-state index in [0.717, 1.165) is 53.4 Å². The van der Waals surface area contributed by atoms with Crippen molar-refractivity contribution >= 4 is 22.9 Å². The van der Waals surface area contributed by atoms with Gasteiger partial charge < -0.3 is 10.2 Å². The number of amides is 1. The molecule has 0 saturated carbocycles. The molecule has 2 aliphatic rings. The number of hydrogen-bond acceptors (Lipinski definition) is 6. The van der Waals surface area contributed by atoms with Gasteiger partial charge >= 0.3 is 0 Å². The van der Waals surface area contributed by atoms with Crippen molar-refractivity contribution in [3.8, 4) is 21.8 Å². The highest BCUT2D eigenvalue weighted by molar-refractivity contribution is 7.13. The summed E-state index contributed by atoms with van der Waals surface area (Å²) in [6.45, 7) is 1.74. The van der Waals surface area contributed by atoms with E-state index in [9.17, 15) is 4.79 Å². The molecule has 4 aromatic heterocycles. The Kier molecular flexibility index (Phi) is 4.40. The number of carbonyl (C=O) groups excluding carboxylic acids is 1. The average Bonchev–Trinajstić information content (AvgIpc) is 3.51. The summed E-state index contributed by atoms with van der Waals surface area (Å²) in [5.74, 6) is 0.0322. The molecule has 0 spiro atoms. The number of pyridine rings is 1. The van der Waals surface area contributed by atoms with Crippen molar-refractivity contribution < 1.29 is 4.79 Å². The van der Waals surface area contributed by atoms with Gasteiger partial charge in [0.25, 0.3) is 5.91 Å². The molecule has 31 heavy (non-hydrogen) atoms. The van der Waals surface area contributed by atoms with Crippen LogP contribution in [0.3, 0.4) is 0 Å². The lowest BCUT2D eigenvalue weighted by atomic mass is 10.1. The third-order valence-corrected chi connectivity index (χ3v) is 6.77. The molecule has 0 aromatic carbocycles. The summed E-state index contributed by atoms with van der Waals surface area (Å²) in [6.07, 6.45) is 9.36. The minimum atomic E-state index is 0.0322. The lowest BCUT2D eigenvalue weighted by Gasteiger charge is -2.25. The number of hydrogen-bond donors (Lipinski definition) is 1. The maximum absolute atomic E-state index is 13.4. The number of carbonyl (C=O) groups is 1. The smallest absolute Gasteiger partial charge is 0.258 e. The number of fused-ring (bicyclic) bond motifs is 3. The van der Waals surface area contributed by atoms with Crippen molar-refractivity contribution in [1.29, 1.82) is 0 Å². The van der Waals surface area contributed by atoms with Gasteiger partial charge in [-0.2, -0.15) is 5.10 Å². The molecule has 0 radical (unpaired) electrons. The molecule has 2 bridgehead atoms. The first-order valence-corrected chi connectivity index (χ1v) is 11.2. The predicted octanol–water partition coefficient (Wildman–Crippen LogP) is 3.61. The van der Waals surface area contributed by atoms with E-state index in [1.807, 2.05) is 34.7 Å². The molecule has 1 amide bonds. The highest BCUT2D eigenvalue weighted by atomic mass is 32.1. The standard InChI is InChI=1S/C23H20N6OS/c30-23(29-16-3-4-17(29)13-24-8-6-16)15-5-9-25-20(12-15)18-14-26-28-10-7-19(27-22(18)28)21-2-1-11-31-21/h1-3,5,7,9-12,14,17,24H,4,6,8,13H2. The van der Waals surface area contributed by atoms with Crippen LogP contribution in [0.2, 0.25) is 0 Å². The van der Waals surface area contributed by atoms with Crippen LogP contribution < -0.4 is 5.32 Å². The molecule has 1 atom stereocenters. The van der Waals surface area contributed by atoms with Crippen molar-refractivity contribution in [2.75, 3.05) is 13.1 Å². The second-order valence-corrected chi connectivity index (χ2v) is 8.71. The number of nitrogens with one attached hydrogen (secondary N) is 1. The Morgan fingerprint density at radius 1 is 1.23 bits per heavy atom. The number of nitrogens with zero attached hydrogens (tertiary/aromatic N) is 5. The SMILES string of the molecule is O=C(c1ccnc(-c2cnn3ccc(-c4cccs4)nc23)c1)N1C2=CCC1CNCC2. The first-order valence-electron chi connectivity index (χ1n) is 10.4. The molecule has 6 rings (SSSR count). The van der Waals surface area contributed by atoms with Crippen LogP contribution >= 0.6 is 11.3 Å². The van der Waals surface area contributed by atoms with E-state index >= 15 is 0 Å². The fraction of sp³-hybridized carbons (Fsp3) is 0.217. The van der Waals surface area contributed by atoms with Crippen LogP contribution in [0, 0.1) is 0 Å². The summed E-state index contributed by atoms with van der Waals surface area (Å²) in [5, 5.41) is 9.89. The lowest BCUT2D eigenvalue weighted by molar-refractivity contribution is 0.0770. The predicted molar refractivity (Wildman–Crippen MR) is 120 cm³/mol. The van der Waals surface area contributed by atoms with E-state index in [4.69, 9.17) is 4.98 Å². The van der Waals surface area contributed by atoms with Crippen molar-refractivity contribution in [3.05, 3.63) is 71.6 Å². The number of rotatable bonds is 3. The maximum Gasteiger partial charge on any atom is 0.258 e. The normalized spacial score (nSPS) is 18.3. The van der Waals surface area contributed by atoms with Crippen molar-refractivity contribution in [3.63, 3.8) is 0 Å². The van der Waals surface area contributed by atoms with Gasteiger partial charge in [0.1, 0.15) is 0 Å². The Hall–Kier alpha value is -3.36. The molecule has 0 aliphatic carbocycles. The second kappa shape index (κ2) is 7.40. The Morgan fingerprint density at radius 2 is 2.19 bits per heavy atom. The lowest BCUT2D eigenvalue weighted by Crippen LogP contribution is -2.39. The van der Waals surface area contributed by atoms with Gasteiger partial charge in [-0.05, 0) is 42.5 Å². The minimum absolute atomic E-state index is 0.0322. The highest BCUT2D eigenvalue weighted by Crippen LogP contribution is 2.30. The van der Waals surface area contributed by atoms with Crippen molar-refractivity contribution in [2.24, 2.45) is 0 Å². The van der Waals surface area contributed by atoms with E-state index in [2.05, 4.69) is 27.5 Å². The fourth-order valence-electron chi connectivity index (χ4n) is 4.35. The molecule has 6 heterocycles. The molecular weight excluding hydrogens is 408 g/mol. The molecule has 1 unspecified atom stereocenters. The van der Waals surface area contributed by atoms with Crippen molar-refractivity contribution in [2.45, 2.75) is 18.9 Å². The number of thiophene rings is 1. The molecular formula is C23H20N6OS. The maximum atomic E-state index is 13.4. The van der Waals surface area contributed by atoms with Gasteiger partial charge in [0.15, 0.2) is 5.65 Å². The van der Waals surface area contributed by atoms with Gasteiger partial charge in [0.2, 0.25) is 0 Å². The molecule has 8 heteroatoms. The molecule has 154 valence electrons. The van der Waals surface area contributed by atoms with Gasteiger partial charge in [-0.15, -0.1) is 11.3 Å². The third kappa shape index (κ3) is 3.15. The quantitative estimate of drug-likeness (QED) is 0.540. The zero-order valence-electron chi connectivity index (χ0n) is 16.7. The first-order chi connectivity index (χ1) is 15.3. The molecule has 2 aliphatic heterocycles. The summed E-state index contributed by atoms with van der Waals surface area (Å²) in [6, 6.07) is 9.86. The topological polar surface area (TPSA) is 75.4 Å². The molecule has 1 N–H and O–H groups in total. The van der Waals surface area contributed by atoms with Crippen molar-refractivity contribution in [1.82, 2.24) is 29.8 Å². The largest absolute Gasteiger partial charge is 0.314 e. The Morgan fingerprint density at radius 3 is 3.10 bits per heavy atom. The van der Waals surface area contributed by atoms with E-state index in [0.29, 0.717) is 11.3 Å². The average molecular weight is 429 g/mol. The summed E-state index contributed by atoms with van der Waals surface area (Å²) in [7, 11) is 0. The van der Waals surface area contributed by atoms with Crippen LogP contribution in [0.4, 0.5) is 0 Å². The van der Waals surface area contributed by atoms with Gasteiger partial charge in [0.05, 0.1) is 34.1 Å². The molecule has 1 fully saturated rings. The van der Waals surface area contributed by atoms with E-state index in [1.165, 1.54) is 0 Å². The van der Waals surface area contributed by atoms with Crippen LogP contribution in [0.15, 0.2) is 66.1 Å². The molecule has 1 saturated heterocycles. The highest BCUT2D eigenvalue weighted by Gasteiger charge is 2.33. The van der Waals surface area contributed by atoms with Gasteiger partial charge in [-0.25, -0.2) is 9.50 Å². The minimum Gasteiger partial charge on any atom is -0.314 e. The monoisotopic (exact) mass is 428 g/mol. The zero-order valence-corrected chi connectivity index (χ0v) is 17.5. The van der Waals surface area contributed by atoms with Crippen LogP contribution in [0.5, 0.6) is 0 Å². The van der Waals surface area contributed by atoms with Gasteiger partial charge in [0, 0.05) is 36.7 Å². The van der Waals surface area contributed by atoms with Crippen LogP contribution in [-0.4, -0.2) is 49.5 Å². The van der Waals surface area contributed by atoms with Crippen LogP contribution in [0.25, 0.3) is 27.5 Å². The Bertz CT molecular complexity index is 1310. The van der Waals surface area contributed by atoms with Crippen LogP contribution in [0.1, 0.15) is 23.2 Å². The summed E-state index contributed by atoms with van der Waals surface area (Å²) in [5.41, 5.74) is 4.90. The van der Waals surface area contributed by atoms with E-state index in [-0.39, 0.29) is 11.9 Å². The first kappa shape index (κ1) is 18.4. The summed E-state index contributed by atoms with van der Waals surface area (Å²) >= 11 is 1.65. The van der Waals surface area contributed by atoms with Gasteiger partial charge in [-0.1, -0.05) is 12.1 Å². The molecule has 7 nitrogen and oxygen atoms in total. The Labute approximate surface area is 183 Å².